The summed E-state index contributed by atoms with van der Waals surface area (Å²) in [5.74, 6) is -0.689. The van der Waals surface area contributed by atoms with Crippen molar-refractivity contribution in [2.24, 2.45) is 0 Å². The average Bonchev–Trinajstić information content (AvgIpc) is 2.38. The fourth-order valence-electron chi connectivity index (χ4n) is 1.33. The van der Waals surface area contributed by atoms with E-state index in [1.54, 1.807) is 18.2 Å². The van der Waals surface area contributed by atoms with Gasteiger partial charge in [0.25, 0.3) is 5.91 Å². The number of hydrogen-bond acceptors (Lipinski definition) is 3. The quantitative estimate of drug-likeness (QED) is 0.871. The van der Waals surface area contributed by atoms with Crippen LogP contribution in [-0.2, 0) is 6.54 Å². The zero-order chi connectivity index (χ0) is 12.1. The molecule has 0 saturated carbocycles. The van der Waals surface area contributed by atoms with Gasteiger partial charge >= 0.3 is 0 Å². The van der Waals surface area contributed by atoms with E-state index >= 15 is 0 Å². The highest BCUT2D eigenvalue weighted by Gasteiger charge is 2.07. The largest absolute Gasteiger partial charge is 0.347 e. The number of nitrogens with one attached hydrogen (secondary N) is 1. The van der Waals surface area contributed by atoms with Crippen molar-refractivity contribution < 1.29 is 9.18 Å². The van der Waals surface area contributed by atoms with Gasteiger partial charge in [0.05, 0.1) is 0 Å². The number of carbonyl (C=O) groups excluding carboxylic acids is 1. The van der Waals surface area contributed by atoms with E-state index in [2.05, 4.69) is 15.3 Å². The Morgan fingerprint density at radius 2 is 2.12 bits per heavy atom. The Morgan fingerprint density at radius 3 is 2.82 bits per heavy atom. The molecule has 0 fully saturated rings. The number of carbonyl (C=O) groups is 1. The fraction of sp³-hybridized carbons (Fsp3) is 0.0833. The molecule has 86 valence electrons. The van der Waals surface area contributed by atoms with E-state index in [1.807, 2.05) is 0 Å². The Labute approximate surface area is 97.5 Å². The molecule has 0 spiro atoms. The molecule has 2 aromatic rings. The molecule has 5 heteroatoms. The second-order valence-corrected chi connectivity index (χ2v) is 3.37. The lowest BCUT2D eigenvalue weighted by atomic mass is 10.2. The summed E-state index contributed by atoms with van der Waals surface area (Å²) in [7, 11) is 0. The number of aromatic nitrogens is 2. The van der Waals surface area contributed by atoms with Gasteiger partial charge in [-0.2, -0.15) is 0 Å². The molecular weight excluding hydrogens is 221 g/mol. The van der Waals surface area contributed by atoms with E-state index in [1.165, 1.54) is 24.7 Å². The first-order chi connectivity index (χ1) is 8.27. The minimum Gasteiger partial charge on any atom is -0.347 e. The summed E-state index contributed by atoms with van der Waals surface area (Å²) in [6.45, 7) is 0.134. The normalized spacial score (nSPS) is 9.94. The van der Waals surface area contributed by atoms with Gasteiger partial charge in [0, 0.05) is 18.3 Å². The van der Waals surface area contributed by atoms with Gasteiger partial charge in [0.1, 0.15) is 17.8 Å². The molecule has 17 heavy (non-hydrogen) atoms. The second-order valence-electron chi connectivity index (χ2n) is 3.37. The molecule has 1 amide bonds. The summed E-state index contributed by atoms with van der Waals surface area (Å²) in [4.78, 5) is 19.1. The first-order valence-electron chi connectivity index (χ1n) is 5.05. The number of amides is 1. The highest BCUT2D eigenvalue weighted by Crippen LogP contribution is 2.05. The number of rotatable bonds is 3. The van der Waals surface area contributed by atoms with Crippen LogP contribution in [-0.4, -0.2) is 15.9 Å². The van der Waals surface area contributed by atoms with E-state index < -0.39 is 0 Å². The van der Waals surface area contributed by atoms with Crippen molar-refractivity contribution in [2.45, 2.75) is 6.54 Å². The van der Waals surface area contributed by atoms with Crippen LogP contribution in [0.3, 0.4) is 0 Å². The third-order valence-electron chi connectivity index (χ3n) is 2.21. The maximum atomic E-state index is 13.3. The fourth-order valence-corrected chi connectivity index (χ4v) is 1.33. The molecule has 0 saturated heterocycles. The minimum atomic E-state index is -0.351. The molecule has 1 aromatic heterocycles. The monoisotopic (exact) mass is 231 g/mol. The summed E-state index contributed by atoms with van der Waals surface area (Å²) in [6.07, 6.45) is 2.77. The number of benzene rings is 1. The summed E-state index contributed by atoms with van der Waals surface area (Å²) in [5.41, 5.74) is 0.700. The molecule has 0 bridgehead atoms. The first-order valence-corrected chi connectivity index (χ1v) is 5.05. The molecule has 0 aliphatic rings. The number of halogens is 1. The van der Waals surface area contributed by atoms with Crippen LogP contribution in [0, 0.1) is 5.82 Å². The van der Waals surface area contributed by atoms with Gasteiger partial charge < -0.3 is 5.32 Å². The molecule has 0 unspecified atom stereocenters. The summed E-state index contributed by atoms with van der Waals surface area (Å²) >= 11 is 0. The molecule has 0 aliphatic carbocycles. The second kappa shape index (κ2) is 5.16. The smallest absolute Gasteiger partial charge is 0.270 e. The van der Waals surface area contributed by atoms with Crippen LogP contribution in [0.5, 0.6) is 0 Å². The van der Waals surface area contributed by atoms with Gasteiger partial charge in [0.15, 0.2) is 0 Å². The molecule has 0 atom stereocenters. The predicted molar refractivity (Wildman–Crippen MR) is 59.6 cm³/mol. The van der Waals surface area contributed by atoms with Gasteiger partial charge in [-0.05, 0) is 12.1 Å². The van der Waals surface area contributed by atoms with Crippen molar-refractivity contribution >= 4 is 5.91 Å². The number of nitrogens with zero attached hydrogens (tertiary/aromatic N) is 2. The van der Waals surface area contributed by atoms with Gasteiger partial charge in [-0.25, -0.2) is 14.4 Å². The van der Waals surface area contributed by atoms with Crippen LogP contribution >= 0.6 is 0 Å². The Hall–Kier alpha value is -2.30. The highest BCUT2D eigenvalue weighted by atomic mass is 19.1. The molecule has 2 rings (SSSR count). The molecule has 0 radical (unpaired) electrons. The zero-order valence-corrected chi connectivity index (χ0v) is 8.93. The van der Waals surface area contributed by atoms with Crippen molar-refractivity contribution in [1.29, 1.82) is 0 Å². The maximum absolute atomic E-state index is 13.3. The lowest BCUT2D eigenvalue weighted by Crippen LogP contribution is -2.24. The highest BCUT2D eigenvalue weighted by molar-refractivity contribution is 5.91. The van der Waals surface area contributed by atoms with Crippen LogP contribution in [0.25, 0.3) is 0 Å². The Balaban J connectivity index is 2.00. The molecular formula is C12H10FN3O. The van der Waals surface area contributed by atoms with Crippen LogP contribution < -0.4 is 5.32 Å². The van der Waals surface area contributed by atoms with E-state index in [0.717, 1.165) is 0 Å². The Bertz CT molecular complexity index is 516. The van der Waals surface area contributed by atoms with Crippen LogP contribution in [0.1, 0.15) is 16.1 Å². The van der Waals surface area contributed by atoms with E-state index in [0.29, 0.717) is 5.56 Å². The molecule has 1 N–H and O–H groups in total. The molecule has 0 aliphatic heterocycles. The molecule has 4 nitrogen and oxygen atoms in total. The predicted octanol–water partition coefficient (Wildman–Crippen LogP) is 1.55. The van der Waals surface area contributed by atoms with Crippen LogP contribution in [0.2, 0.25) is 0 Å². The maximum Gasteiger partial charge on any atom is 0.270 e. The third-order valence-corrected chi connectivity index (χ3v) is 2.21. The average molecular weight is 231 g/mol. The van der Waals surface area contributed by atoms with E-state index in [4.69, 9.17) is 0 Å². The van der Waals surface area contributed by atoms with Crippen molar-refractivity contribution in [3.05, 3.63) is 59.9 Å². The van der Waals surface area contributed by atoms with Gasteiger partial charge in [-0.3, -0.25) is 4.79 Å². The Morgan fingerprint density at radius 1 is 1.29 bits per heavy atom. The lowest BCUT2D eigenvalue weighted by Gasteiger charge is -2.05. The van der Waals surface area contributed by atoms with Crippen LogP contribution in [0.15, 0.2) is 42.9 Å². The van der Waals surface area contributed by atoms with Crippen molar-refractivity contribution in [3.63, 3.8) is 0 Å². The van der Waals surface area contributed by atoms with Crippen molar-refractivity contribution in [3.8, 4) is 0 Å². The van der Waals surface area contributed by atoms with Crippen molar-refractivity contribution in [2.75, 3.05) is 0 Å². The standard InChI is InChI=1S/C12H10FN3O/c13-10-4-2-1-3-9(10)7-15-12(17)11-5-6-14-8-16-11/h1-6,8H,7H2,(H,15,17). The van der Waals surface area contributed by atoms with Crippen LogP contribution in [0.4, 0.5) is 4.39 Å². The summed E-state index contributed by atoms with van der Waals surface area (Å²) in [5, 5.41) is 2.59. The summed E-state index contributed by atoms with van der Waals surface area (Å²) < 4.78 is 13.3. The summed E-state index contributed by atoms with van der Waals surface area (Å²) in [6, 6.07) is 7.79. The van der Waals surface area contributed by atoms with Gasteiger partial charge in [0.2, 0.25) is 0 Å². The molecule has 1 heterocycles. The molecule has 1 aromatic carbocycles. The Kier molecular flexibility index (Phi) is 3.40. The zero-order valence-electron chi connectivity index (χ0n) is 8.93. The topological polar surface area (TPSA) is 54.9 Å². The SMILES string of the molecule is O=C(NCc1ccccc1F)c1ccncn1. The minimum absolute atomic E-state index is 0.134. The van der Waals surface area contributed by atoms with E-state index in [-0.39, 0.29) is 24.0 Å². The van der Waals surface area contributed by atoms with E-state index in [9.17, 15) is 9.18 Å². The van der Waals surface area contributed by atoms with Gasteiger partial charge in [-0.1, -0.05) is 18.2 Å². The van der Waals surface area contributed by atoms with Crippen molar-refractivity contribution in [1.82, 2.24) is 15.3 Å². The van der Waals surface area contributed by atoms with Gasteiger partial charge in [-0.15, -0.1) is 0 Å². The third kappa shape index (κ3) is 2.84. The lowest BCUT2D eigenvalue weighted by molar-refractivity contribution is 0.0945. The number of hydrogen-bond donors (Lipinski definition) is 1. The first kappa shape index (κ1) is 11.2.